The second kappa shape index (κ2) is 11.4. The summed E-state index contributed by atoms with van der Waals surface area (Å²) in [4.78, 5) is 24.7. The predicted molar refractivity (Wildman–Crippen MR) is 133 cm³/mol. The third kappa shape index (κ3) is 6.32. The predicted octanol–water partition coefficient (Wildman–Crippen LogP) is 6.56. The quantitative estimate of drug-likeness (QED) is 0.160. The van der Waals surface area contributed by atoms with Crippen molar-refractivity contribution in [3.63, 3.8) is 0 Å². The number of esters is 2. The highest BCUT2D eigenvalue weighted by molar-refractivity contribution is 5.92. The molecule has 0 aliphatic carbocycles. The third-order valence-corrected chi connectivity index (χ3v) is 4.99. The Morgan fingerprint density at radius 1 is 0.528 bits per heavy atom. The highest BCUT2D eigenvalue weighted by atomic mass is 16.5. The first kappa shape index (κ1) is 24.2. The minimum atomic E-state index is -0.490. The van der Waals surface area contributed by atoms with Crippen LogP contribution in [-0.2, 0) is 0 Å². The number of carbonyl (C=O) groups is 2. The molecule has 0 fully saturated rings. The molecule has 0 saturated heterocycles. The number of ether oxygens (including phenoxy) is 4. The molecule has 8 heteroatoms. The number of nitrogens with zero attached hydrogens (tertiary/aromatic N) is 2. The van der Waals surface area contributed by atoms with Crippen LogP contribution in [0.4, 0.5) is 11.4 Å². The van der Waals surface area contributed by atoms with Gasteiger partial charge in [-0.1, -0.05) is 12.1 Å². The summed E-state index contributed by atoms with van der Waals surface area (Å²) in [7, 11) is 3.06. The molecule has 0 heterocycles. The molecule has 0 aliphatic heterocycles. The Kier molecular flexibility index (Phi) is 7.67. The van der Waals surface area contributed by atoms with Crippen LogP contribution in [0.2, 0.25) is 0 Å². The Bertz CT molecular complexity index is 1280. The van der Waals surface area contributed by atoms with Crippen LogP contribution in [0.15, 0.2) is 107 Å². The van der Waals surface area contributed by atoms with E-state index in [9.17, 15) is 9.59 Å². The summed E-state index contributed by atoms with van der Waals surface area (Å²) in [5.41, 5.74) is 1.92. The molecule has 4 aromatic rings. The molecule has 36 heavy (non-hydrogen) atoms. The van der Waals surface area contributed by atoms with E-state index in [2.05, 4.69) is 10.2 Å². The number of rotatable bonds is 8. The number of hydrogen-bond acceptors (Lipinski definition) is 8. The molecule has 0 unspecified atom stereocenters. The average molecular weight is 482 g/mol. The maximum atomic E-state index is 12.3. The fourth-order valence-electron chi connectivity index (χ4n) is 3.11. The Hall–Kier alpha value is -4.98. The van der Waals surface area contributed by atoms with Crippen molar-refractivity contribution in [3.8, 4) is 23.0 Å². The SMILES string of the molecule is COc1cccc(C(=O)Oc2ccc(N=Nc3ccc(OC(=O)c4cccc(OC)c4)cc3)cc2)c1. The van der Waals surface area contributed by atoms with E-state index in [1.54, 1.807) is 97.1 Å². The van der Waals surface area contributed by atoms with Gasteiger partial charge in [0.25, 0.3) is 0 Å². The van der Waals surface area contributed by atoms with Crippen LogP contribution in [0.3, 0.4) is 0 Å². The third-order valence-electron chi connectivity index (χ3n) is 4.99. The molecular formula is C28H22N2O6. The van der Waals surface area contributed by atoms with E-state index >= 15 is 0 Å². The molecule has 0 bridgehead atoms. The van der Waals surface area contributed by atoms with Crippen molar-refractivity contribution in [2.45, 2.75) is 0 Å². The monoisotopic (exact) mass is 482 g/mol. The Balaban J connectivity index is 1.33. The van der Waals surface area contributed by atoms with Crippen LogP contribution in [0.1, 0.15) is 20.7 Å². The van der Waals surface area contributed by atoms with E-state index in [0.29, 0.717) is 45.5 Å². The molecule has 0 aliphatic rings. The van der Waals surface area contributed by atoms with E-state index in [1.807, 2.05) is 0 Å². The molecule has 180 valence electrons. The van der Waals surface area contributed by atoms with Gasteiger partial charge < -0.3 is 18.9 Å². The first-order valence-electron chi connectivity index (χ1n) is 10.9. The molecule has 0 spiro atoms. The topological polar surface area (TPSA) is 95.8 Å². The largest absolute Gasteiger partial charge is 0.497 e. The van der Waals surface area contributed by atoms with Gasteiger partial charge in [-0.2, -0.15) is 10.2 Å². The van der Waals surface area contributed by atoms with Gasteiger partial charge in [0.15, 0.2) is 0 Å². The maximum absolute atomic E-state index is 12.3. The number of carbonyl (C=O) groups excluding carboxylic acids is 2. The number of methoxy groups -OCH3 is 2. The highest BCUT2D eigenvalue weighted by Crippen LogP contribution is 2.24. The van der Waals surface area contributed by atoms with E-state index in [1.165, 1.54) is 14.2 Å². The van der Waals surface area contributed by atoms with Crippen molar-refractivity contribution in [1.29, 1.82) is 0 Å². The van der Waals surface area contributed by atoms with E-state index in [-0.39, 0.29) is 0 Å². The molecule has 0 atom stereocenters. The summed E-state index contributed by atoms with van der Waals surface area (Å²) in [6.07, 6.45) is 0. The van der Waals surface area contributed by atoms with Gasteiger partial charge in [-0.3, -0.25) is 0 Å². The van der Waals surface area contributed by atoms with Gasteiger partial charge in [0.05, 0.1) is 36.7 Å². The molecular weight excluding hydrogens is 460 g/mol. The standard InChI is InChI=1S/C28H22N2O6/c1-33-25-7-3-5-19(17-25)27(31)35-23-13-9-21(10-14-23)29-30-22-11-15-24(16-12-22)36-28(32)20-6-4-8-26(18-20)34-2/h3-18H,1-2H3. The summed E-state index contributed by atoms with van der Waals surface area (Å²) in [5, 5.41) is 8.36. The van der Waals surface area contributed by atoms with Crippen LogP contribution in [0, 0.1) is 0 Å². The molecule has 0 N–H and O–H groups in total. The lowest BCUT2D eigenvalue weighted by atomic mass is 10.2. The zero-order valence-electron chi connectivity index (χ0n) is 19.6. The van der Waals surface area contributed by atoms with Crippen molar-refractivity contribution < 1.29 is 28.5 Å². The zero-order valence-corrected chi connectivity index (χ0v) is 19.6. The molecule has 4 aromatic carbocycles. The van der Waals surface area contributed by atoms with Gasteiger partial charge in [0.2, 0.25) is 0 Å². The van der Waals surface area contributed by atoms with Crippen molar-refractivity contribution in [2.24, 2.45) is 10.2 Å². The van der Waals surface area contributed by atoms with Crippen molar-refractivity contribution in [2.75, 3.05) is 14.2 Å². The van der Waals surface area contributed by atoms with Gasteiger partial charge in [-0.05, 0) is 84.9 Å². The summed E-state index contributed by atoms with van der Waals surface area (Å²) in [6.45, 7) is 0. The second-order valence-corrected chi connectivity index (χ2v) is 7.43. The lowest BCUT2D eigenvalue weighted by molar-refractivity contribution is 0.0725. The van der Waals surface area contributed by atoms with E-state index < -0.39 is 11.9 Å². The number of azo groups is 1. The molecule has 8 nitrogen and oxygen atoms in total. The fourth-order valence-corrected chi connectivity index (χ4v) is 3.11. The number of benzene rings is 4. The molecule has 4 rings (SSSR count). The second-order valence-electron chi connectivity index (χ2n) is 7.43. The van der Waals surface area contributed by atoms with E-state index in [4.69, 9.17) is 18.9 Å². The highest BCUT2D eigenvalue weighted by Gasteiger charge is 2.11. The minimum absolute atomic E-state index is 0.379. The van der Waals surface area contributed by atoms with Crippen LogP contribution in [0.5, 0.6) is 23.0 Å². The average Bonchev–Trinajstić information content (AvgIpc) is 2.93. The van der Waals surface area contributed by atoms with Crippen molar-refractivity contribution in [3.05, 3.63) is 108 Å². The Morgan fingerprint density at radius 3 is 1.28 bits per heavy atom. The van der Waals surface area contributed by atoms with Gasteiger partial charge >= 0.3 is 11.9 Å². The summed E-state index contributed by atoms with van der Waals surface area (Å²) in [5.74, 6) is 0.922. The summed E-state index contributed by atoms with van der Waals surface area (Å²) >= 11 is 0. The smallest absolute Gasteiger partial charge is 0.343 e. The molecule has 0 aromatic heterocycles. The minimum Gasteiger partial charge on any atom is -0.497 e. The van der Waals surface area contributed by atoms with Crippen LogP contribution >= 0.6 is 0 Å². The first-order chi connectivity index (χ1) is 17.5. The van der Waals surface area contributed by atoms with Crippen molar-refractivity contribution in [1.82, 2.24) is 0 Å². The van der Waals surface area contributed by atoms with Crippen LogP contribution in [0.25, 0.3) is 0 Å². The van der Waals surface area contributed by atoms with Gasteiger partial charge in [0, 0.05) is 0 Å². The lowest BCUT2D eigenvalue weighted by Crippen LogP contribution is -2.08. The van der Waals surface area contributed by atoms with Gasteiger partial charge in [-0.25, -0.2) is 9.59 Å². The van der Waals surface area contributed by atoms with Gasteiger partial charge in [-0.15, -0.1) is 0 Å². The van der Waals surface area contributed by atoms with E-state index in [0.717, 1.165) is 0 Å². The number of hydrogen-bond donors (Lipinski definition) is 0. The fraction of sp³-hybridized carbons (Fsp3) is 0.0714. The Labute approximate surface area is 207 Å². The van der Waals surface area contributed by atoms with Crippen LogP contribution in [-0.4, -0.2) is 26.2 Å². The Morgan fingerprint density at radius 2 is 0.917 bits per heavy atom. The van der Waals surface area contributed by atoms with Crippen molar-refractivity contribution >= 4 is 23.3 Å². The zero-order chi connectivity index (χ0) is 25.3. The molecule has 0 saturated carbocycles. The van der Waals surface area contributed by atoms with Gasteiger partial charge in [0.1, 0.15) is 23.0 Å². The molecule has 0 radical (unpaired) electrons. The first-order valence-corrected chi connectivity index (χ1v) is 10.9. The van der Waals surface area contributed by atoms with Crippen LogP contribution < -0.4 is 18.9 Å². The maximum Gasteiger partial charge on any atom is 0.343 e. The lowest BCUT2D eigenvalue weighted by Gasteiger charge is -2.06. The molecule has 0 amide bonds. The summed E-state index contributed by atoms with van der Waals surface area (Å²) < 4.78 is 21.0. The summed E-state index contributed by atoms with van der Waals surface area (Å²) in [6, 6.07) is 26.7. The normalized spacial score (nSPS) is 10.6.